The monoisotopic (exact) mass is 464 g/mol. The Kier molecular flexibility index (Phi) is 6.88. The van der Waals surface area contributed by atoms with Crippen LogP contribution in [0, 0.1) is 0 Å². The fourth-order valence-corrected chi connectivity index (χ4v) is 4.07. The van der Waals surface area contributed by atoms with E-state index in [2.05, 4.69) is 20.6 Å². The van der Waals surface area contributed by atoms with Crippen molar-refractivity contribution in [2.75, 3.05) is 13.2 Å². The van der Waals surface area contributed by atoms with Gasteiger partial charge in [-0.2, -0.15) is 0 Å². The van der Waals surface area contributed by atoms with Crippen LogP contribution < -0.4 is 10.6 Å². The lowest BCUT2D eigenvalue weighted by atomic mass is 9.98. The number of imidazole rings is 1. The molecule has 0 fully saturated rings. The van der Waals surface area contributed by atoms with Gasteiger partial charge in [0.2, 0.25) is 5.91 Å². The minimum Gasteiger partial charge on any atom is -0.480 e. The van der Waals surface area contributed by atoms with Crippen LogP contribution in [-0.2, 0) is 20.7 Å². The van der Waals surface area contributed by atoms with E-state index in [9.17, 15) is 19.5 Å². The molecule has 2 unspecified atom stereocenters. The third-order valence-corrected chi connectivity index (χ3v) is 5.73. The normalized spacial score (nSPS) is 13.9. The lowest BCUT2D eigenvalue weighted by molar-refractivity contribution is -0.143. The molecule has 1 aliphatic rings. The zero-order valence-corrected chi connectivity index (χ0v) is 18.1. The Hall–Kier alpha value is -4.18. The second-order valence-corrected chi connectivity index (χ2v) is 7.89. The number of carbonyl (C=O) groups is 3. The Balaban J connectivity index is 1.45. The minimum atomic E-state index is -1.50. The Labute approximate surface area is 195 Å². The number of H-pyrrole nitrogens is 1. The molecule has 10 heteroatoms. The summed E-state index contributed by atoms with van der Waals surface area (Å²) in [6.45, 7) is -0.727. The molecule has 5 N–H and O–H groups in total. The molecule has 0 aliphatic heterocycles. The predicted octanol–water partition coefficient (Wildman–Crippen LogP) is 1.42. The molecule has 2 amide bonds. The molecule has 2 aromatic carbocycles. The molecule has 0 saturated heterocycles. The number of nitrogens with zero attached hydrogens (tertiary/aromatic N) is 1. The summed E-state index contributed by atoms with van der Waals surface area (Å²) >= 11 is 0. The average molecular weight is 464 g/mol. The van der Waals surface area contributed by atoms with Gasteiger partial charge in [-0.3, -0.25) is 4.79 Å². The van der Waals surface area contributed by atoms with Crippen molar-refractivity contribution in [1.29, 1.82) is 0 Å². The predicted molar refractivity (Wildman–Crippen MR) is 121 cm³/mol. The summed E-state index contributed by atoms with van der Waals surface area (Å²) in [5.41, 5.74) is 4.83. The quantitative estimate of drug-likeness (QED) is 0.321. The van der Waals surface area contributed by atoms with Crippen LogP contribution in [0.3, 0.4) is 0 Å². The van der Waals surface area contributed by atoms with Crippen LogP contribution in [-0.4, -0.2) is 63.4 Å². The van der Waals surface area contributed by atoms with E-state index in [1.807, 2.05) is 48.5 Å². The van der Waals surface area contributed by atoms with Gasteiger partial charge < -0.3 is 30.6 Å². The minimum absolute atomic E-state index is 0.0216. The average Bonchev–Trinajstić information content (AvgIpc) is 3.46. The fourth-order valence-electron chi connectivity index (χ4n) is 4.07. The van der Waals surface area contributed by atoms with Crippen LogP contribution in [0.4, 0.5) is 4.79 Å². The molecule has 3 aromatic rings. The number of carboxylic acids is 1. The van der Waals surface area contributed by atoms with Gasteiger partial charge in [-0.05, 0) is 22.3 Å². The Bertz CT molecular complexity index is 1130. The largest absolute Gasteiger partial charge is 0.480 e. The number of aliphatic carboxylic acids is 1. The summed E-state index contributed by atoms with van der Waals surface area (Å²) in [5, 5.41) is 23.0. The summed E-state index contributed by atoms with van der Waals surface area (Å²) in [4.78, 5) is 43.2. The van der Waals surface area contributed by atoms with Gasteiger partial charge in [-0.1, -0.05) is 48.5 Å². The number of benzene rings is 2. The zero-order chi connectivity index (χ0) is 24.1. The molecule has 2 atom stereocenters. The van der Waals surface area contributed by atoms with E-state index < -0.39 is 36.7 Å². The van der Waals surface area contributed by atoms with Crippen LogP contribution >= 0.6 is 0 Å². The number of aliphatic hydroxyl groups excluding tert-OH is 1. The van der Waals surface area contributed by atoms with Crippen molar-refractivity contribution in [2.24, 2.45) is 0 Å². The highest BCUT2D eigenvalue weighted by Crippen LogP contribution is 2.44. The maximum atomic E-state index is 12.7. The van der Waals surface area contributed by atoms with E-state index in [4.69, 9.17) is 9.84 Å². The first-order valence-electron chi connectivity index (χ1n) is 10.7. The zero-order valence-electron chi connectivity index (χ0n) is 18.1. The van der Waals surface area contributed by atoms with Gasteiger partial charge in [0.05, 0.1) is 12.9 Å². The SMILES string of the molecule is O=C(NC(Cc1cnc[nH]1)C(=O)NC(CO)C(=O)O)OCC1c2ccccc2-c2ccccc21. The van der Waals surface area contributed by atoms with Gasteiger partial charge in [0.25, 0.3) is 0 Å². The van der Waals surface area contributed by atoms with E-state index in [0.29, 0.717) is 5.69 Å². The first-order valence-corrected chi connectivity index (χ1v) is 10.7. The number of rotatable bonds is 9. The highest BCUT2D eigenvalue weighted by Gasteiger charge is 2.31. The van der Waals surface area contributed by atoms with Crippen molar-refractivity contribution in [3.63, 3.8) is 0 Å². The number of nitrogens with one attached hydrogen (secondary N) is 3. The molecule has 10 nitrogen and oxygen atoms in total. The van der Waals surface area contributed by atoms with Gasteiger partial charge >= 0.3 is 12.1 Å². The van der Waals surface area contributed by atoms with Gasteiger partial charge in [-0.25, -0.2) is 14.6 Å². The number of aromatic amines is 1. The molecule has 0 saturated carbocycles. The lowest BCUT2D eigenvalue weighted by Gasteiger charge is -2.21. The number of carboxylic acid groups (broad SMARTS) is 1. The lowest BCUT2D eigenvalue weighted by Crippen LogP contribution is -2.53. The van der Waals surface area contributed by atoms with E-state index in [-0.39, 0.29) is 18.9 Å². The van der Waals surface area contributed by atoms with Crippen LogP contribution in [0.25, 0.3) is 11.1 Å². The third-order valence-electron chi connectivity index (χ3n) is 5.73. The van der Waals surface area contributed by atoms with Crippen molar-refractivity contribution >= 4 is 18.0 Å². The summed E-state index contributed by atoms with van der Waals surface area (Å²) in [5.74, 6) is -2.31. The van der Waals surface area contributed by atoms with Crippen molar-refractivity contribution in [3.05, 3.63) is 77.9 Å². The summed E-state index contributed by atoms with van der Waals surface area (Å²) in [6, 6.07) is 13.2. The number of alkyl carbamates (subject to hydrolysis) is 1. The number of ether oxygens (including phenoxy) is 1. The molecule has 0 spiro atoms. The number of hydrogen-bond acceptors (Lipinski definition) is 6. The van der Waals surface area contributed by atoms with Gasteiger partial charge in [0.15, 0.2) is 0 Å². The van der Waals surface area contributed by atoms with E-state index in [1.54, 1.807) is 0 Å². The molecule has 0 radical (unpaired) electrons. The second kappa shape index (κ2) is 10.2. The van der Waals surface area contributed by atoms with E-state index in [1.165, 1.54) is 12.5 Å². The van der Waals surface area contributed by atoms with Gasteiger partial charge in [0, 0.05) is 24.2 Å². The number of aliphatic hydroxyl groups is 1. The molecule has 4 rings (SSSR count). The summed E-state index contributed by atoms with van der Waals surface area (Å²) < 4.78 is 5.50. The van der Waals surface area contributed by atoms with Crippen LogP contribution in [0.2, 0.25) is 0 Å². The number of amides is 2. The third kappa shape index (κ3) is 4.91. The van der Waals surface area contributed by atoms with Crippen LogP contribution in [0.5, 0.6) is 0 Å². The van der Waals surface area contributed by atoms with E-state index in [0.717, 1.165) is 22.3 Å². The summed E-state index contributed by atoms with van der Waals surface area (Å²) in [7, 11) is 0. The van der Waals surface area contributed by atoms with Gasteiger partial charge in [-0.15, -0.1) is 0 Å². The number of hydrogen-bond donors (Lipinski definition) is 5. The first-order chi connectivity index (χ1) is 16.5. The smallest absolute Gasteiger partial charge is 0.407 e. The Morgan fingerprint density at radius 2 is 1.65 bits per heavy atom. The number of fused-ring (bicyclic) bond motifs is 3. The van der Waals surface area contributed by atoms with Crippen LogP contribution in [0.15, 0.2) is 61.1 Å². The molecule has 1 aromatic heterocycles. The number of carbonyl (C=O) groups excluding carboxylic acids is 2. The molecule has 34 heavy (non-hydrogen) atoms. The highest BCUT2D eigenvalue weighted by atomic mass is 16.5. The molecule has 1 heterocycles. The van der Waals surface area contributed by atoms with Gasteiger partial charge in [0.1, 0.15) is 18.7 Å². The molecule has 1 aliphatic carbocycles. The van der Waals surface area contributed by atoms with Crippen LogP contribution in [0.1, 0.15) is 22.7 Å². The summed E-state index contributed by atoms with van der Waals surface area (Å²) in [6.07, 6.45) is 2.11. The standard InChI is InChI=1S/C24H24N4O6/c29-11-21(23(31)32)27-22(30)20(9-14-10-25-13-26-14)28-24(33)34-12-19-17-7-3-1-5-15(17)16-6-2-4-8-18(16)19/h1-8,10,13,19-21,29H,9,11-12H2,(H,25,26)(H,27,30)(H,28,33)(H,31,32). The molecular weight excluding hydrogens is 440 g/mol. The highest BCUT2D eigenvalue weighted by molar-refractivity contribution is 5.89. The molecular formula is C24H24N4O6. The Morgan fingerprint density at radius 1 is 1.00 bits per heavy atom. The Morgan fingerprint density at radius 3 is 2.21 bits per heavy atom. The maximum absolute atomic E-state index is 12.7. The maximum Gasteiger partial charge on any atom is 0.407 e. The first kappa shape index (κ1) is 23.0. The van der Waals surface area contributed by atoms with E-state index >= 15 is 0 Å². The number of aromatic nitrogens is 2. The van der Waals surface area contributed by atoms with Crippen molar-refractivity contribution < 1.29 is 29.3 Å². The topological polar surface area (TPSA) is 154 Å². The van der Waals surface area contributed by atoms with Crippen molar-refractivity contribution in [1.82, 2.24) is 20.6 Å². The van der Waals surface area contributed by atoms with Crippen molar-refractivity contribution in [2.45, 2.75) is 24.4 Å². The second-order valence-electron chi connectivity index (χ2n) is 7.89. The molecule has 0 bridgehead atoms. The molecule has 176 valence electrons. The fraction of sp³-hybridized carbons (Fsp3) is 0.250. The van der Waals surface area contributed by atoms with Crippen molar-refractivity contribution in [3.8, 4) is 11.1 Å².